The average molecular weight is 270 g/mol. The van der Waals surface area contributed by atoms with Gasteiger partial charge in [-0.25, -0.2) is 0 Å². The third-order valence-corrected chi connectivity index (χ3v) is 3.20. The van der Waals surface area contributed by atoms with E-state index in [2.05, 4.69) is 29.8 Å². The van der Waals surface area contributed by atoms with E-state index < -0.39 is 0 Å². The summed E-state index contributed by atoms with van der Waals surface area (Å²) in [5.41, 5.74) is 7.68. The summed E-state index contributed by atoms with van der Waals surface area (Å²) < 4.78 is 0. The average Bonchev–Trinajstić information content (AvgIpc) is 2.42. The van der Waals surface area contributed by atoms with Crippen LogP contribution in [0.15, 0.2) is 36.5 Å². The minimum Gasteiger partial charge on any atom is -0.388 e. The Morgan fingerprint density at radius 2 is 2.05 bits per heavy atom. The first-order valence-corrected chi connectivity index (χ1v) is 6.99. The molecule has 1 aromatic heterocycles. The molecule has 3 N–H and O–H groups in total. The van der Waals surface area contributed by atoms with E-state index in [1.54, 1.807) is 0 Å². The minimum absolute atomic E-state index is 0.233. The van der Waals surface area contributed by atoms with Gasteiger partial charge in [-0.1, -0.05) is 32.0 Å². The van der Waals surface area contributed by atoms with Crippen molar-refractivity contribution in [3.63, 3.8) is 0 Å². The van der Waals surface area contributed by atoms with Crippen LogP contribution in [-0.4, -0.2) is 23.9 Å². The molecule has 2 rings (SSSR count). The molecule has 0 spiro atoms. The summed E-state index contributed by atoms with van der Waals surface area (Å²) >= 11 is 0. The van der Waals surface area contributed by atoms with Crippen LogP contribution in [0, 0.1) is 11.3 Å². The molecule has 0 saturated carbocycles. The second-order valence-corrected chi connectivity index (χ2v) is 5.46. The molecule has 0 aliphatic carbocycles. The molecule has 4 heteroatoms. The summed E-state index contributed by atoms with van der Waals surface area (Å²) in [6.07, 6.45) is 2.43. The van der Waals surface area contributed by atoms with Crippen molar-refractivity contribution in [3.05, 3.63) is 36.5 Å². The number of nitrogens with two attached hydrogens (primary N) is 1. The zero-order chi connectivity index (χ0) is 14.5. The number of anilines is 1. The zero-order valence-electron chi connectivity index (χ0n) is 12.1. The second kappa shape index (κ2) is 6.37. The number of hydrogen-bond donors (Lipinski definition) is 2. The molecule has 2 aromatic rings. The van der Waals surface area contributed by atoms with Crippen LogP contribution in [0.1, 0.15) is 20.3 Å². The molecule has 20 heavy (non-hydrogen) atoms. The maximum atomic E-state index is 7.43. The normalized spacial score (nSPS) is 10.9. The summed E-state index contributed by atoms with van der Waals surface area (Å²) in [4.78, 5) is 6.71. The number of rotatable bonds is 6. The van der Waals surface area contributed by atoms with Crippen molar-refractivity contribution in [2.45, 2.75) is 20.3 Å². The molecule has 0 unspecified atom stereocenters. The fraction of sp³-hybridized carbons (Fsp3) is 0.375. The first-order chi connectivity index (χ1) is 9.58. The molecule has 106 valence electrons. The topological polar surface area (TPSA) is 66.0 Å². The molecule has 0 atom stereocenters. The highest BCUT2D eigenvalue weighted by molar-refractivity contribution is 5.91. The standard InChI is InChI=1S/C16H22N4/c1-12(2)11-20(10-8-16(17)18)15-7-9-19-14-6-4-3-5-13(14)15/h3-7,9,12H,8,10-11H2,1-2H3,(H3,17,18). The van der Waals surface area contributed by atoms with E-state index >= 15 is 0 Å². The molecule has 0 saturated heterocycles. The van der Waals surface area contributed by atoms with E-state index in [4.69, 9.17) is 11.1 Å². The van der Waals surface area contributed by atoms with Gasteiger partial charge >= 0.3 is 0 Å². The van der Waals surface area contributed by atoms with Gasteiger partial charge in [-0.2, -0.15) is 0 Å². The molecular weight excluding hydrogens is 248 g/mol. The Labute approximate surface area is 120 Å². The second-order valence-electron chi connectivity index (χ2n) is 5.46. The van der Waals surface area contributed by atoms with Gasteiger partial charge in [0.25, 0.3) is 0 Å². The molecule has 0 aliphatic heterocycles. The number of pyridine rings is 1. The lowest BCUT2D eigenvalue weighted by Gasteiger charge is -2.27. The fourth-order valence-electron chi connectivity index (χ4n) is 2.36. The lowest BCUT2D eigenvalue weighted by atomic mass is 10.1. The number of aromatic nitrogens is 1. The maximum Gasteiger partial charge on any atom is 0.0923 e. The van der Waals surface area contributed by atoms with E-state index in [0.717, 1.165) is 24.0 Å². The van der Waals surface area contributed by atoms with Crippen LogP contribution < -0.4 is 10.6 Å². The Hall–Kier alpha value is -2.10. The highest BCUT2D eigenvalue weighted by Gasteiger charge is 2.12. The summed E-state index contributed by atoms with van der Waals surface area (Å²) in [6.45, 7) is 6.11. The van der Waals surface area contributed by atoms with Crippen LogP contribution >= 0.6 is 0 Å². The molecule has 0 aliphatic rings. The largest absolute Gasteiger partial charge is 0.388 e. The molecule has 4 nitrogen and oxygen atoms in total. The lowest BCUT2D eigenvalue weighted by molar-refractivity contribution is 0.614. The number of hydrogen-bond acceptors (Lipinski definition) is 3. The van der Waals surface area contributed by atoms with Crippen LogP contribution in [0.2, 0.25) is 0 Å². The van der Waals surface area contributed by atoms with Crippen molar-refractivity contribution in [2.75, 3.05) is 18.0 Å². The maximum absolute atomic E-state index is 7.43. The molecule has 0 radical (unpaired) electrons. The van der Waals surface area contributed by atoms with Crippen molar-refractivity contribution in [1.29, 1.82) is 5.41 Å². The van der Waals surface area contributed by atoms with E-state index in [1.165, 1.54) is 5.69 Å². The number of nitrogens with zero attached hydrogens (tertiary/aromatic N) is 2. The van der Waals surface area contributed by atoms with E-state index in [-0.39, 0.29) is 5.84 Å². The van der Waals surface area contributed by atoms with E-state index in [9.17, 15) is 0 Å². The highest BCUT2D eigenvalue weighted by atomic mass is 15.1. The van der Waals surface area contributed by atoms with Crippen LogP contribution in [0.3, 0.4) is 0 Å². The van der Waals surface area contributed by atoms with Gasteiger partial charge in [0.15, 0.2) is 0 Å². The monoisotopic (exact) mass is 270 g/mol. The predicted octanol–water partition coefficient (Wildman–Crippen LogP) is 3.02. The zero-order valence-corrected chi connectivity index (χ0v) is 12.1. The van der Waals surface area contributed by atoms with Gasteiger partial charge < -0.3 is 10.6 Å². The predicted molar refractivity (Wildman–Crippen MR) is 85.3 cm³/mol. The number of amidine groups is 1. The Morgan fingerprint density at radius 1 is 1.30 bits per heavy atom. The molecular formula is C16H22N4. The molecule has 1 heterocycles. The highest BCUT2D eigenvalue weighted by Crippen LogP contribution is 2.25. The molecule has 0 fully saturated rings. The van der Waals surface area contributed by atoms with Crippen LogP contribution in [0.5, 0.6) is 0 Å². The molecule has 0 amide bonds. The summed E-state index contributed by atoms with van der Waals surface area (Å²) in [5, 5.41) is 8.59. The van der Waals surface area contributed by atoms with Gasteiger partial charge in [-0.15, -0.1) is 0 Å². The summed E-state index contributed by atoms with van der Waals surface area (Å²) in [6, 6.07) is 10.2. The van der Waals surface area contributed by atoms with Crippen molar-refractivity contribution < 1.29 is 0 Å². The van der Waals surface area contributed by atoms with Crippen molar-refractivity contribution >= 4 is 22.4 Å². The van der Waals surface area contributed by atoms with E-state index in [1.807, 2.05) is 30.5 Å². The van der Waals surface area contributed by atoms with Gasteiger partial charge in [0.1, 0.15) is 0 Å². The molecule has 0 bridgehead atoms. The van der Waals surface area contributed by atoms with Crippen molar-refractivity contribution in [2.24, 2.45) is 11.7 Å². The summed E-state index contributed by atoms with van der Waals surface area (Å²) in [5.74, 6) is 0.783. The van der Waals surface area contributed by atoms with Crippen molar-refractivity contribution in [3.8, 4) is 0 Å². The Morgan fingerprint density at radius 3 is 2.75 bits per heavy atom. The van der Waals surface area contributed by atoms with Crippen LogP contribution in [-0.2, 0) is 0 Å². The first-order valence-electron chi connectivity index (χ1n) is 6.99. The number of para-hydroxylation sites is 1. The number of nitrogens with one attached hydrogen (secondary N) is 1. The SMILES string of the molecule is CC(C)CN(CCC(=N)N)c1ccnc2ccccc12. The van der Waals surface area contributed by atoms with Gasteiger partial charge in [0, 0.05) is 36.8 Å². The fourth-order valence-corrected chi connectivity index (χ4v) is 2.36. The Balaban J connectivity index is 2.36. The van der Waals surface area contributed by atoms with Gasteiger partial charge in [-0.05, 0) is 18.1 Å². The van der Waals surface area contributed by atoms with E-state index in [0.29, 0.717) is 12.3 Å². The first kappa shape index (κ1) is 14.3. The van der Waals surface area contributed by atoms with Gasteiger partial charge in [0.2, 0.25) is 0 Å². The van der Waals surface area contributed by atoms with Crippen LogP contribution in [0.4, 0.5) is 5.69 Å². The van der Waals surface area contributed by atoms with Gasteiger partial charge in [0.05, 0.1) is 11.4 Å². The summed E-state index contributed by atoms with van der Waals surface area (Å²) in [7, 11) is 0. The lowest BCUT2D eigenvalue weighted by Crippen LogP contribution is -2.31. The Bertz CT molecular complexity index is 587. The van der Waals surface area contributed by atoms with Gasteiger partial charge in [-0.3, -0.25) is 10.4 Å². The molecule has 1 aromatic carbocycles. The third kappa shape index (κ3) is 3.47. The number of fused-ring (bicyclic) bond motifs is 1. The smallest absolute Gasteiger partial charge is 0.0923 e. The van der Waals surface area contributed by atoms with Crippen molar-refractivity contribution in [1.82, 2.24) is 4.98 Å². The number of benzene rings is 1. The third-order valence-electron chi connectivity index (χ3n) is 3.20. The quantitative estimate of drug-likeness (QED) is 0.626. The van der Waals surface area contributed by atoms with Crippen LogP contribution in [0.25, 0.3) is 10.9 Å². The minimum atomic E-state index is 0.233. The Kier molecular flexibility index (Phi) is 4.56.